The SMILES string of the molecule is CC(C)[C@@H]1NC(=O)COc2ccc(cc2)C[C@@H](C(=O)N2CCC(n3c(=O)[nH]c4ccccc43)CC2)NC(=O)[C@H](C)NC(=O)[C@H]2CCCN2C1=O. The number of H-pyrrole nitrogens is 1. The number of hydrogen-bond donors (Lipinski definition) is 4. The van der Waals surface area contributed by atoms with Crippen molar-refractivity contribution in [3.8, 4) is 5.75 Å². The summed E-state index contributed by atoms with van der Waals surface area (Å²) in [5, 5.41) is 8.41. The second-order valence-corrected chi connectivity index (χ2v) is 13.8. The van der Waals surface area contributed by atoms with Crippen molar-refractivity contribution in [2.24, 2.45) is 5.92 Å². The molecule has 0 aliphatic carbocycles. The van der Waals surface area contributed by atoms with Crippen molar-refractivity contribution >= 4 is 40.6 Å². The topological polar surface area (TPSA) is 175 Å². The summed E-state index contributed by atoms with van der Waals surface area (Å²) in [6.45, 7) is 6.02. The van der Waals surface area contributed by atoms with Crippen LogP contribution < -0.4 is 26.4 Å². The van der Waals surface area contributed by atoms with E-state index < -0.39 is 41.9 Å². The molecule has 2 aromatic carbocycles. The molecule has 5 amide bonds. The molecule has 5 heterocycles. The van der Waals surface area contributed by atoms with Crippen LogP contribution in [0.1, 0.15) is 58.1 Å². The van der Waals surface area contributed by atoms with Crippen molar-refractivity contribution in [3.63, 3.8) is 0 Å². The summed E-state index contributed by atoms with van der Waals surface area (Å²) in [7, 11) is 0. The molecule has 0 radical (unpaired) electrons. The molecule has 50 heavy (non-hydrogen) atoms. The van der Waals surface area contributed by atoms with Gasteiger partial charge in [0.25, 0.3) is 5.91 Å². The number of carbonyl (C=O) groups excluding carboxylic acids is 5. The van der Waals surface area contributed by atoms with Gasteiger partial charge in [0.15, 0.2) is 6.61 Å². The lowest BCUT2D eigenvalue weighted by Crippen LogP contribution is -2.58. The number of fused-ring (bicyclic) bond motifs is 14. The number of aromatic amines is 1. The molecule has 14 nitrogen and oxygen atoms in total. The quantitative estimate of drug-likeness (QED) is 0.321. The average Bonchev–Trinajstić information content (AvgIpc) is 3.73. The Morgan fingerprint density at radius 1 is 0.860 bits per heavy atom. The average molecular weight is 688 g/mol. The number of carbonyl (C=O) groups is 5. The van der Waals surface area contributed by atoms with E-state index in [2.05, 4.69) is 20.9 Å². The van der Waals surface area contributed by atoms with Gasteiger partial charge in [-0.1, -0.05) is 38.1 Å². The van der Waals surface area contributed by atoms with Gasteiger partial charge in [0.2, 0.25) is 23.6 Å². The van der Waals surface area contributed by atoms with Crippen molar-refractivity contribution in [1.82, 2.24) is 35.3 Å². The fourth-order valence-corrected chi connectivity index (χ4v) is 7.19. The van der Waals surface area contributed by atoms with E-state index in [0.29, 0.717) is 51.1 Å². The van der Waals surface area contributed by atoms with Crippen LogP contribution in [0.2, 0.25) is 0 Å². The summed E-state index contributed by atoms with van der Waals surface area (Å²) < 4.78 is 7.47. The fraction of sp³-hybridized carbons (Fsp3) is 0.500. The molecule has 2 fully saturated rings. The Morgan fingerprint density at radius 3 is 2.30 bits per heavy atom. The van der Waals surface area contributed by atoms with Gasteiger partial charge in [0.1, 0.15) is 29.9 Å². The van der Waals surface area contributed by atoms with Crippen LogP contribution >= 0.6 is 0 Å². The monoisotopic (exact) mass is 687 g/mol. The number of amides is 5. The third-order valence-corrected chi connectivity index (χ3v) is 9.95. The number of nitrogens with one attached hydrogen (secondary N) is 4. The second-order valence-electron chi connectivity index (χ2n) is 13.8. The van der Waals surface area contributed by atoms with Crippen molar-refractivity contribution in [3.05, 3.63) is 64.6 Å². The number of imidazole rings is 1. The summed E-state index contributed by atoms with van der Waals surface area (Å²) in [4.78, 5) is 86.5. The Morgan fingerprint density at radius 2 is 1.58 bits per heavy atom. The molecule has 4 atom stereocenters. The molecule has 4 N–H and O–H groups in total. The van der Waals surface area contributed by atoms with Crippen molar-refractivity contribution in [1.29, 1.82) is 0 Å². The normalized spacial score (nSPS) is 24.6. The maximum Gasteiger partial charge on any atom is 0.326 e. The molecule has 266 valence electrons. The molecular weight excluding hydrogens is 642 g/mol. The van der Waals surface area contributed by atoms with E-state index in [1.54, 1.807) is 40.7 Å². The van der Waals surface area contributed by atoms with E-state index in [-0.39, 0.29) is 42.5 Å². The molecule has 1 aromatic heterocycles. The predicted molar refractivity (Wildman–Crippen MR) is 184 cm³/mol. The smallest absolute Gasteiger partial charge is 0.326 e. The highest BCUT2D eigenvalue weighted by Gasteiger charge is 2.40. The second kappa shape index (κ2) is 14.8. The Kier molecular flexibility index (Phi) is 10.3. The van der Waals surface area contributed by atoms with Crippen LogP contribution in [0.3, 0.4) is 0 Å². The first kappa shape index (κ1) is 34.7. The molecule has 2 saturated heterocycles. The summed E-state index contributed by atoms with van der Waals surface area (Å²) >= 11 is 0. The molecule has 0 saturated carbocycles. The van der Waals surface area contributed by atoms with E-state index in [1.165, 1.54) is 4.90 Å². The number of ether oxygens (including phenoxy) is 1. The van der Waals surface area contributed by atoms with Gasteiger partial charge in [-0.15, -0.1) is 0 Å². The van der Waals surface area contributed by atoms with Gasteiger partial charge in [-0.2, -0.15) is 0 Å². The summed E-state index contributed by atoms with van der Waals surface area (Å²) in [5.74, 6) is -1.92. The van der Waals surface area contributed by atoms with Gasteiger partial charge < -0.3 is 35.5 Å². The maximum atomic E-state index is 14.1. The fourth-order valence-electron chi connectivity index (χ4n) is 7.19. The maximum absolute atomic E-state index is 14.1. The minimum Gasteiger partial charge on any atom is -0.484 e. The number of aromatic nitrogens is 2. The van der Waals surface area contributed by atoms with Gasteiger partial charge in [0, 0.05) is 32.1 Å². The van der Waals surface area contributed by atoms with Crippen LogP contribution in [0.4, 0.5) is 0 Å². The lowest BCUT2D eigenvalue weighted by Gasteiger charge is -2.35. The predicted octanol–water partition coefficient (Wildman–Crippen LogP) is 1.25. The summed E-state index contributed by atoms with van der Waals surface area (Å²) in [6.07, 6.45) is 2.32. The highest BCUT2D eigenvalue weighted by atomic mass is 16.5. The molecule has 3 aromatic rings. The first-order chi connectivity index (χ1) is 24.0. The Hall–Kier alpha value is -5.14. The first-order valence-corrected chi connectivity index (χ1v) is 17.4. The summed E-state index contributed by atoms with van der Waals surface area (Å²) in [6, 6.07) is 10.8. The number of piperidine rings is 1. The molecule has 14 heteroatoms. The van der Waals surface area contributed by atoms with Crippen LogP contribution in [0.15, 0.2) is 53.3 Å². The standard InChI is InChI=1S/C36H45N7O7/c1-21(2)31-35(48)42-16-6-9-29(42)33(46)37-22(3)32(45)38-27(19-23-10-12-25(13-11-23)50-20-30(44)40-31)34(47)41-17-14-24(15-18-41)43-28-8-5-4-7-26(28)39-36(43)49/h4-5,7-8,10-13,21-22,24,27,29,31H,6,9,14-20H2,1-3H3,(H,37,46)(H,38,45)(H,39,49)(H,40,44)/t22-,27-,29+,31-/m0/s1. The van der Waals surface area contributed by atoms with E-state index in [0.717, 1.165) is 16.6 Å². The molecule has 4 aliphatic rings. The minimum atomic E-state index is -0.992. The lowest BCUT2D eigenvalue weighted by atomic mass is 10.0. The van der Waals surface area contributed by atoms with Gasteiger partial charge in [0.05, 0.1) is 11.0 Å². The number of rotatable bonds is 3. The minimum absolute atomic E-state index is 0.0884. The van der Waals surface area contributed by atoms with Gasteiger partial charge in [-0.25, -0.2) is 4.79 Å². The van der Waals surface area contributed by atoms with Crippen LogP contribution in [0.5, 0.6) is 5.75 Å². The largest absolute Gasteiger partial charge is 0.484 e. The first-order valence-electron chi connectivity index (χ1n) is 17.4. The van der Waals surface area contributed by atoms with Crippen LogP contribution in [0, 0.1) is 5.92 Å². The van der Waals surface area contributed by atoms with Crippen molar-refractivity contribution in [2.75, 3.05) is 26.2 Å². The number of nitrogens with zero attached hydrogens (tertiary/aromatic N) is 3. The van der Waals surface area contributed by atoms with Crippen molar-refractivity contribution < 1.29 is 28.7 Å². The molecule has 4 aliphatic heterocycles. The van der Waals surface area contributed by atoms with E-state index in [4.69, 9.17) is 4.74 Å². The number of para-hydroxylation sites is 2. The lowest BCUT2D eigenvalue weighted by molar-refractivity contribution is -0.143. The van der Waals surface area contributed by atoms with E-state index in [9.17, 15) is 28.8 Å². The molecule has 7 rings (SSSR count). The Bertz CT molecular complexity index is 1810. The Balaban J connectivity index is 1.21. The van der Waals surface area contributed by atoms with Crippen molar-refractivity contribution in [2.45, 2.75) is 83.1 Å². The summed E-state index contributed by atoms with van der Waals surface area (Å²) in [5.41, 5.74) is 2.15. The zero-order valence-corrected chi connectivity index (χ0v) is 28.6. The number of hydrogen-bond acceptors (Lipinski definition) is 7. The number of benzene rings is 2. The highest BCUT2D eigenvalue weighted by molar-refractivity contribution is 5.96. The molecule has 0 spiro atoms. The van der Waals surface area contributed by atoms with Crippen LogP contribution in [-0.4, -0.2) is 99.3 Å². The number of likely N-dealkylation sites (tertiary alicyclic amines) is 1. The van der Waals surface area contributed by atoms with Crippen LogP contribution in [-0.2, 0) is 30.4 Å². The highest BCUT2D eigenvalue weighted by Crippen LogP contribution is 2.26. The van der Waals surface area contributed by atoms with E-state index >= 15 is 0 Å². The molecular formula is C36H45N7O7. The van der Waals surface area contributed by atoms with Crippen LogP contribution in [0.25, 0.3) is 11.0 Å². The van der Waals surface area contributed by atoms with E-state index in [1.807, 2.05) is 38.1 Å². The molecule has 0 unspecified atom stereocenters. The zero-order valence-electron chi connectivity index (χ0n) is 28.6. The third kappa shape index (κ3) is 7.38. The Labute approximate surface area is 289 Å². The zero-order chi connectivity index (χ0) is 35.5. The molecule has 2 bridgehead atoms. The van der Waals surface area contributed by atoms with Gasteiger partial charge >= 0.3 is 5.69 Å². The van der Waals surface area contributed by atoms with Gasteiger partial charge in [-0.3, -0.25) is 28.5 Å². The third-order valence-electron chi connectivity index (χ3n) is 9.95. The van der Waals surface area contributed by atoms with Gasteiger partial charge in [-0.05, 0) is 68.4 Å².